The molecule has 0 unspecified atom stereocenters. The molecule has 2 aliphatic rings. The summed E-state index contributed by atoms with van der Waals surface area (Å²) in [4.78, 5) is 12.5. The first-order valence-corrected chi connectivity index (χ1v) is 18.6. The van der Waals surface area contributed by atoms with Crippen LogP contribution in [0.25, 0.3) is 0 Å². The summed E-state index contributed by atoms with van der Waals surface area (Å²) in [5.41, 5.74) is 1.44. The first kappa shape index (κ1) is 17.5. The SMILES string of the molecule is CC(C)(C)[Si](C)(C)O[C@@H]1CC[C@H]2CC(=O)[C]([Ge]([CH3])([CH3])[CH3])=C21. The Balaban J connectivity index is 2.35. The van der Waals surface area contributed by atoms with Crippen molar-refractivity contribution < 1.29 is 9.22 Å². The van der Waals surface area contributed by atoms with Gasteiger partial charge in [0.05, 0.1) is 0 Å². The number of allylic oxidation sites excluding steroid dienone is 1. The van der Waals surface area contributed by atoms with Crippen LogP contribution in [0.15, 0.2) is 9.98 Å². The van der Waals surface area contributed by atoms with Crippen molar-refractivity contribution in [2.45, 2.75) is 81.5 Å². The van der Waals surface area contributed by atoms with Crippen molar-refractivity contribution in [1.29, 1.82) is 0 Å². The van der Waals surface area contributed by atoms with Crippen LogP contribution in [0.1, 0.15) is 40.0 Å². The standard InChI is InChI=1S/C17H32GeO2Si/c1-17(2,3)21(7,8)20-14-10-9-12-11-13(19)16(15(12)14)18(4,5)6/h12,14H,9-11H2,1-8H3/t12-,14+/m0/s1. The molecule has 0 aromatic rings. The fourth-order valence-electron chi connectivity index (χ4n) is 3.50. The molecular formula is C17H32GeO2Si. The molecule has 0 bridgehead atoms. The summed E-state index contributed by atoms with van der Waals surface area (Å²) >= 11 is -2.10. The summed E-state index contributed by atoms with van der Waals surface area (Å²) in [7, 11) is -1.77. The van der Waals surface area contributed by atoms with Gasteiger partial charge in [-0.15, -0.1) is 0 Å². The zero-order chi connectivity index (χ0) is 16.2. The maximum absolute atomic E-state index is 12.5. The van der Waals surface area contributed by atoms with E-state index in [1.807, 2.05) is 0 Å². The van der Waals surface area contributed by atoms with E-state index in [1.54, 1.807) is 0 Å². The molecule has 2 nitrogen and oxygen atoms in total. The molecule has 0 aromatic heterocycles. The minimum absolute atomic E-state index is 0.234. The molecule has 0 spiro atoms. The molecule has 0 radical (unpaired) electrons. The number of carbonyl (C=O) groups is 1. The molecule has 0 aromatic carbocycles. The van der Waals surface area contributed by atoms with E-state index in [4.69, 9.17) is 4.43 Å². The van der Waals surface area contributed by atoms with Crippen molar-refractivity contribution in [1.82, 2.24) is 0 Å². The van der Waals surface area contributed by atoms with E-state index in [2.05, 4.69) is 51.1 Å². The van der Waals surface area contributed by atoms with Crippen LogP contribution in [-0.2, 0) is 9.22 Å². The number of Topliss-reactive ketones (excluding diaryl/α,β-unsaturated/α-hetero) is 1. The van der Waals surface area contributed by atoms with Crippen molar-refractivity contribution in [2.24, 2.45) is 5.92 Å². The monoisotopic (exact) mass is 370 g/mol. The van der Waals surface area contributed by atoms with Crippen molar-refractivity contribution in [3.63, 3.8) is 0 Å². The van der Waals surface area contributed by atoms with Crippen LogP contribution in [0, 0.1) is 5.92 Å². The number of fused-ring (bicyclic) bond motifs is 1. The predicted molar refractivity (Wildman–Crippen MR) is 94.8 cm³/mol. The maximum atomic E-state index is 12.5. The van der Waals surface area contributed by atoms with Crippen LogP contribution < -0.4 is 0 Å². The molecule has 1 saturated carbocycles. The minimum atomic E-state index is -2.10. The molecule has 1 fully saturated rings. The third-order valence-electron chi connectivity index (χ3n) is 5.56. The van der Waals surface area contributed by atoms with E-state index in [0.29, 0.717) is 11.7 Å². The second-order valence-corrected chi connectivity index (χ2v) is 24.6. The second-order valence-electron chi connectivity index (χ2n) is 9.35. The van der Waals surface area contributed by atoms with Gasteiger partial charge in [0.25, 0.3) is 0 Å². The van der Waals surface area contributed by atoms with E-state index in [1.165, 1.54) is 9.98 Å². The number of ketones is 1. The second kappa shape index (κ2) is 5.34. The van der Waals surface area contributed by atoms with Gasteiger partial charge in [0.15, 0.2) is 0 Å². The molecule has 0 aliphatic heterocycles. The van der Waals surface area contributed by atoms with Crippen LogP contribution in [0.4, 0.5) is 0 Å². The molecule has 2 rings (SSSR count). The van der Waals surface area contributed by atoms with Gasteiger partial charge in [-0.2, -0.15) is 0 Å². The Morgan fingerprint density at radius 1 is 1.14 bits per heavy atom. The van der Waals surface area contributed by atoms with E-state index in [0.717, 1.165) is 19.3 Å². The summed E-state index contributed by atoms with van der Waals surface area (Å²) in [5, 5.41) is 0.234. The van der Waals surface area contributed by atoms with Crippen molar-refractivity contribution >= 4 is 27.4 Å². The van der Waals surface area contributed by atoms with Gasteiger partial charge in [-0.25, -0.2) is 0 Å². The third-order valence-corrected chi connectivity index (χ3v) is 14.4. The van der Waals surface area contributed by atoms with E-state index < -0.39 is 21.6 Å². The van der Waals surface area contributed by atoms with Crippen molar-refractivity contribution in [3.8, 4) is 0 Å². The third kappa shape index (κ3) is 3.25. The first-order chi connectivity index (χ1) is 9.34. The molecule has 0 amide bonds. The Morgan fingerprint density at radius 2 is 1.71 bits per heavy atom. The van der Waals surface area contributed by atoms with Gasteiger partial charge in [0.1, 0.15) is 0 Å². The summed E-state index contributed by atoms with van der Waals surface area (Å²) in [6.45, 7) is 11.5. The van der Waals surface area contributed by atoms with Crippen molar-refractivity contribution in [3.05, 3.63) is 9.98 Å². The molecule has 120 valence electrons. The summed E-state index contributed by atoms with van der Waals surface area (Å²) in [6.07, 6.45) is 3.29. The zero-order valence-corrected chi connectivity index (χ0v) is 18.2. The van der Waals surface area contributed by atoms with Gasteiger partial charge < -0.3 is 0 Å². The number of rotatable bonds is 3. The van der Waals surface area contributed by atoms with Gasteiger partial charge >= 0.3 is 134 Å². The van der Waals surface area contributed by atoms with Crippen LogP contribution in [0.5, 0.6) is 0 Å². The normalized spacial score (nSPS) is 27.5. The molecule has 0 saturated heterocycles. The van der Waals surface area contributed by atoms with E-state index in [9.17, 15) is 4.79 Å². The number of carbonyl (C=O) groups excluding carboxylic acids is 1. The fraction of sp³-hybridized carbons (Fsp3) is 0.824. The summed E-state index contributed by atoms with van der Waals surface area (Å²) in [5.74, 6) is 8.01. The number of hydrogen-bond acceptors (Lipinski definition) is 2. The molecule has 0 heterocycles. The van der Waals surface area contributed by atoms with Gasteiger partial charge in [0.2, 0.25) is 0 Å². The van der Waals surface area contributed by atoms with Crippen LogP contribution >= 0.6 is 0 Å². The van der Waals surface area contributed by atoms with Gasteiger partial charge in [-0.05, 0) is 0 Å². The van der Waals surface area contributed by atoms with Gasteiger partial charge in [-0.3, -0.25) is 0 Å². The Labute approximate surface area is 134 Å². The Bertz CT molecular complexity index is 480. The van der Waals surface area contributed by atoms with E-state index >= 15 is 0 Å². The number of hydrogen-bond donors (Lipinski definition) is 0. The molecular weight excluding hydrogens is 337 g/mol. The quantitative estimate of drug-likeness (QED) is 0.660. The Hall–Kier alpha value is 0.130. The molecule has 2 atom stereocenters. The predicted octanol–water partition coefficient (Wildman–Crippen LogP) is 4.93. The Kier molecular flexibility index (Phi) is 4.45. The van der Waals surface area contributed by atoms with Crippen LogP contribution in [0.2, 0.25) is 35.4 Å². The molecule has 2 aliphatic carbocycles. The molecule has 4 heteroatoms. The van der Waals surface area contributed by atoms with Gasteiger partial charge in [-0.1, -0.05) is 0 Å². The van der Waals surface area contributed by atoms with Gasteiger partial charge in [0, 0.05) is 0 Å². The van der Waals surface area contributed by atoms with Crippen LogP contribution in [0.3, 0.4) is 0 Å². The zero-order valence-electron chi connectivity index (χ0n) is 15.1. The molecule has 21 heavy (non-hydrogen) atoms. The Morgan fingerprint density at radius 3 is 2.19 bits per heavy atom. The first-order valence-electron chi connectivity index (χ1n) is 8.30. The topological polar surface area (TPSA) is 26.3 Å². The summed E-state index contributed by atoms with van der Waals surface area (Å²) < 4.78 is 7.97. The fourth-order valence-corrected chi connectivity index (χ4v) is 9.36. The average Bonchev–Trinajstić information content (AvgIpc) is 2.74. The average molecular weight is 369 g/mol. The van der Waals surface area contributed by atoms with Crippen LogP contribution in [-0.4, -0.2) is 33.5 Å². The molecule has 0 N–H and O–H groups in total. The van der Waals surface area contributed by atoms with Crippen molar-refractivity contribution in [2.75, 3.05) is 0 Å². The summed E-state index contributed by atoms with van der Waals surface area (Å²) in [6, 6.07) is 0. The van der Waals surface area contributed by atoms with E-state index in [-0.39, 0.29) is 11.1 Å².